The molecule has 49 heavy (non-hydrogen) atoms. The molecule has 260 valence electrons. The summed E-state index contributed by atoms with van der Waals surface area (Å²) in [5.41, 5.74) is 4.34. The maximum atomic E-state index is 14.5. The third kappa shape index (κ3) is 8.36. The molecule has 4 bridgehead atoms. The summed E-state index contributed by atoms with van der Waals surface area (Å²) in [6, 6.07) is 13.4. The van der Waals surface area contributed by atoms with Crippen LogP contribution in [-0.2, 0) is 16.6 Å². The number of hydrogen-bond donors (Lipinski definition) is 1. The van der Waals surface area contributed by atoms with E-state index in [0.29, 0.717) is 23.5 Å². The van der Waals surface area contributed by atoms with Gasteiger partial charge in [0.2, 0.25) is 11.8 Å². The summed E-state index contributed by atoms with van der Waals surface area (Å²) < 4.78 is 36.5. The van der Waals surface area contributed by atoms with Crippen LogP contribution in [0.25, 0.3) is 11.3 Å². The molecule has 11 nitrogen and oxygen atoms in total. The second-order valence-electron chi connectivity index (χ2n) is 14.5. The number of hydrogen-bond acceptors (Lipinski definition) is 9. The van der Waals surface area contributed by atoms with Crippen LogP contribution in [0.1, 0.15) is 73.9 Å². The van der Waals surface area contributed by atoms with Crippen LogP contribution in [0, 0.1) is 32.1 Å². The normalized spacial score (nSPS) is 16.2. The summed E-state index contributed by atoms with van der Waals surface area (Å²) in [5, 5.41) is 0. The zero-order chi connectivity index (χ0) is 35.7. The van der Waals surface area contributed by atoms with Crippen LogP contribution in [0.15, 0.2) is 59.6 Å². The number of amides is 1. The molecule has 0 spiro atoms. The van der Waals surface area contributed by atoms with E-state index in [4.69, 9.17) is 14.7 Å². The van der Waals surface area contributed by atoms with E-state index in [2.05, 4.69) is 54.2 Å². The number of rotatable bonds is 7. The maximum Gasteiger partial charge on any atom is 0.264 e. The smallest absolute Gasteiger partial charge is 0.264 e. The number of sulfonamides is 1. The Bertz CT molecular complexity index is 1940. The van der Waals surface area contributed by atoms with Gasteiger partial charge in [-0.15, -0.1) is 0 Å². The number of ether oxygens (including phenoxy) is 1. The van der Waals surface area contributed by atoms with Crippen molar-refractivity contribution in [3.05, 3.63) is 82.8 Å². The Morgan fingerprint density at radius 1 is 1.02 bits per heavy atom. The monoisotopic (exact) mass is 685 g/mol. The molecular weight excluding hydrogens is 639 g/mol. The molecule has 0 radical (unpaired) electrons. The Hall–Kier alpha value is -4.58. The van der Waals surface area contributed by atoms with Gasteiger partial charge in [0.15, 0.2) is 0 Å². The molecule has 5 rings (SSSR count). The van der Waals surface area contributed by atoms with E-state index in [1.807, 2.05) is 52.1 Å². The van der Waals surface area contributed by atoms with Gasteiger partial charge in [0.1, 0.15) is 18.2 Å². The van der Waals surface area contributed by atoms with Gasteiger partial charge in [-0.25, -0.2) is 28.1 Å². The van der Waals surface area contributed by atoms with Gasteiger partial charge in [-0.3, -0.25) is 4.79 Å². The number of aryl methyl sites for hydroxylation is 2. The number of nitrogens with zero attached hydrogens (tertiary/aromatic N) is 6. The van der Waals surface area contributed by atoms with E-state index in [1.165, 1.54) is 12.1 Å². The highest BCUT2D eigenvalue weighted by Crippen LogP contribution is 2.34. The first-order chi connectivity index (χ1) is 23.0. The van der Waals surface area contributed by atoms with Gasteiger partial charge in [-0.1, -0.05) is 58.9 Å². The SMILES string of the molecule is Cc1cccc(C)c1-c1nc2nc(c1C)OC[C@@H](CC(C)C)N(Cc1nccc(N(C)CC(C)(C)C)n1)C(=O)c1cccc(c1)S(=O)(=O)N2. The Morgan fingerprint density at radius 2 is 1.71 bits per heavy atom. The molecule has 0 saturated heterocycles. The lowest BCUT2D eigenvalue weighted by molar-refractivity contribution is 0.0545. The van der Waals surface area contributed by atoms with Crippen LogP contribution in [0.3, 0.4) is 0 Å². The van der Waals surface area contributed by atoms with Gasteiger partial charge in [0, 0.05) is 36.5 Å². The maximum absolute atomic E-state index is 14.5. The number of benzene rings is 2. The fraction of sp³-hybridized carbons (Fsp3) is 0.432. The topological polar surface area (TPSA) is 131 Å². The molecule has 0 saturated carbocycles. The van der Waals surface area contributed by atoms with E-state index in [-0.39, 0.29) is 52.7 Å². The van der Waals surface area contributed by atoms with E-state index in [0.717, 1.165) is 29.1 Å². The predicted octanol–water partition coefficient (Wildman–Crippen LogP) is 6.59. The van der Waals surface area contributed by atoms with Gasteiger partial charge >= 0.3 is 0 Å². The largest absolute Gasteiger partial charge is 0.475 e. The molecule has 1 amide bonds. The molecule has 0 unspecified atom stereocenters. The number of anilines is 2. The molecule has 1 aliphatic heterocycles. The Balaban J connectivity index is 1.65. The van der Waals surface area contributed by atoms with Crippen LogP contribution in [0.5, 0.6) is 5.88 Å². The van der Waals surface area contributed by atoms with Crippen LogP contribution in [0.2, 0.25) is 0 Å². The summed E-state index contributed by atoms with van der Waals surface area (Å²) in [7, 11) is -2.20. The average Bonchev–Trinajstić information content (AvgIpc) is 3.02. The summed E-state index contributed by atoms with van der Waals surface area (Å²) in [4.78, 5) is 36.8. The Morgan fingerprint density at radius 3 is 2.39 bits per heavy atom. The van der Waals surface area contributed by atoms with E-state index < -0.39 is 16.1 Å². The van der Waals surface area contributed by atoms with Crippen molar-refractivity contribution in [2.75, 3.05) is 29.8 Å². The fourth-order valence-corrected chi connectivity index (χ4v) is 7.24. The fourth-order valence-electron chi connectivity index (χ4n) is 6.25. The molecule has 2 aromatic heterocycles. The van der Waals surface area contributed by atoms with Gasteiger partial charge in [0.25, 0.3) is 15.9 Å². The van der Waals surface area contributed by atoms with Crippen molar-refractivity contribution in [1.29, 1.82) is 0 Å². The van der Waals surface area contributed by atoms with Crippen molar-refractivity contribution in [2.45, 2.75) is 79.3 Å². The van der Waals surface area contributed by atoms with Crippen LogP contribution >= 0.6 is 0 Å². The van der Waals surface area contributed by atoms with Gasteiger partial charge in [-0.05, 0) is 73.9 Å². The first-order valence-electron chi connectivity index (χ1n) is 16.6. The summed E-state index contributed by atoms with van der Waals surface area (Å²) in [5.74, 6) is 1.18. The second-order valence-corrected chi connectivity index (χ2v) is 16.2. The molecule has 1 atom stereocenters. The molecule has 1 N–H and O–H groups in total. The summed E-state index contributed by atoms with van der Waals surface area (Å²) >= 11 is 0. The van der Waals surface area contributed by atoms with Crippen LogP contribution in [-0.4, -0.2) is 65.4 Å². The number of carbonyl (C=O) groups excluding carboxylic acids is 1. The van der Waals surface area contributed by atoms with Crippen LogP contribution < -0.4 is 14.4 Å². The number of fused-ring (bicyclic) bond motifs is 4. The lowest BCUT2D eigenvalue weighted by Crippen LogP contribution is -2.44. The molecule has 3 heterocycles. The van der Waals surface area contributed by atoms with Crippen LogP contribution in [0.4, 0.5) is 11.8 Å². The van der Waals surface area contributed by atoms with Crippen molar-refractivity contribution in [3.8, 4) is 17.1 Å². The lowest BCUT2D eigenvalue weighted by atomic mass is 9.96. The van der Waals surface area contributed by atoms with Gasteiger partial charge in [-0.2, -0.15) is 4.98 Å². The minimum atomic E-state index is -4.18. The first-order valence-corrected chi connectivity index (χ1v) is 18.1. The highest BCUT2D eigenvalue weighted by atomic mass is 32.2. The summed E-state index contributed by atoms with van der Waals surface area (Å²) in [6.07, 6.45) is 2.31. The number of nitrogens with one attached hydrogen (secondary N) is 1. The van der Waals surface area contributed by atoms with Crippen molar-refractivity contribution in [3.63, 3.8) is 0 Å². The van der Waals surface area contributed by atoms with E-state index in [1.54, 1.807) is 23.2 Å². The second kappa shape index (κ2) is 14.1. The van der Waals surface area contributed by atoms with E-state index in [9.17, 15) is 13.2 Å². The van der Waals surface area contributed by atoms with Gasteiger partial charge in [0.05, 0.1) is 23.2 Å². The molecule has 0 fully saturated rings. The lowest BCUT2D eigenvalue weighted by Gasteiger charge is -2.33. The zero-order valence-corrected chi connectivity index (χ0v) is 30.7. The molecule has 2 aromatic carbocycles. The predicted molar refractivity (Wildman–Crippen MR) is 192 cm³/mol. The van der Waals surface area contributed by atoms with Gasteiger partial charge < -0.3 is 14.5 Å². The van der Waals surface area contributed by atoms with Crippen molar-refractivity contribution in [1.82, 2.24) is 24.8 Å². The highest BCUT2D eigenvalue weighted by Gasteiger charge is 2.31. The minimum absolute atomic E-state index is 0.0439. The van der Waals surface area contributed by atoms with E-state index >= 15 is 0 Å². The van der Waals surface area contributed by atoms with Crippen molar-refractivity contribution >= 4 is 27.7 Å². The summed E-state index contributed by atoms with van der Waals surface area (Å²) in [6.45, 7) is 17.5. The zero-order valence-electron chi connectivity index (χ0n) is 29.9. The number of carbonyl (C=O) groups is 1. The standard InChI is InChI=1S/C37H47N7O4S/c1-23(2)18-28-21-48-34-26(5)33(32-24(3)12-10-13-25(32)4)40-36(41-34)42-49(46,47)29-15-11-14-27(19-29)35(45)44(28)20-30-38-17-16-31(39-30)43(9)22-37(6,7)8/h10-17,19,23,28H,18,20-22H2,1-9H3,(H,40,41,42)/t28-/m1/s1. The third-order valence-electron chi connectivity index (χ3n) is 8.40. The molecule has 4 aromatic rings. The molecule has 1 aliphatic rings. The van der Waals surface area contributed by atoms with Crippen molar-refractivity contribution < 1.29 is 17.9 Å². The Kier molecular flexibility index (Phi) is 10.3. The first kappa shape index (κ1) is 35.7. The molecule has 12 heteroatoms. The molecular formula is C37H47N7O4S. The number of aromatic nitrogens is 4. The van der Waals surface area contributed by atoms with Crippen molar-refractivity contribution in [2.24, 2.45) is 11.3 Å². The average molecular weight is 686 g/mol. The highest BCUT2D eigenvalue weighted by molar-refractivity contribution is 7.92. The molecule has 0 aliphatic carbocycles. The quantitative estimate of drug-likeness (QED) is 0.229. The Labute approximate surface area is 290 Å². The minimum Gasteiger partial charge on any atom is -0.475 e. The third-order valence-corrected chi connectivity index (χ3v) is 9.72.